The van der Waals surface area contributed by atoms with Gasteiger partial charge in [-0.15, -0.1) is 0 Å². The van der Waals surface area contributed by atoms with Gasteiger partial charge in [0.15, 0.2) is 0 Å². The van der Waals surface area contributed by atoms with Gasteiger partial charge in [0.1, 0.15) is 5.82 Å². The van der Waals surface area contributed by atoms with Crippen LogP contribution in [0.3, 0.4) is 0 Å². The van der Waals surface area contributed by atoms with E-state index in [4.69, 9.17) is 11.6 Å². The van der Waals surface area contributed by atoms with Crippen molar-refractivity contribution in [1.82, 2.24) is 0 Å². The van der Waals surface area contributed by atoms with Crippen LogP contribution in [-0.2, 0) is 16.0 Å². The molecule has 0 fully saturated rings. The fourth-order valence-corrected chi connectivity index (χ4v) is 3.28. The molecule has 0 aliphatic rings. The maximum absolute atomic E-state index is 13.0. The molecule has 2 aromatic carbocycles. The Bertz CT molecular complexity index is 768. The number of alkyl halides is 3. The van der Waals surface area contributed by atoms with Crippen LogP contribution < -0.4 is 0 Å². The molecule has 8 heteroatoms. The summed E-state index contributed by atoms with van der Waals surface area (Å²) in [6.07, 6.45) is -4.99. The highest BCUT2D eigenvalue weighted by molar-refractivity contribution is 7.91. The summed E-state index contributed by atoms with van der Waals surface area (Å²) < 4.78 is 76.2. The molecule has 0 spiro atoms. The van der Waals surface area contributed by atoms with E-state index in [0.717, 1.165) is 12.1 Å². The highest BCUT2D eigenvalue weighted by atomic mass is 35.5. The van der Waals surface area contributed by atoms with Crippen molar-refractivity contribution in [3.63, 3.8) is 0 Å². The summed E-state index contributed by atoms with van der Waals surface area (Å²) in [5.74, 6) is -1.17. The summed E-state index contributed by atoms with van der Waals surface area (Å²) in [6, 6.07) is 6.07. The quantitative estimate of drug-likeness (QED) is 0.603. The Morgan fingerprint density at radius 1 is 0.952 bits per heavy atom. The van der Waals surface area contributed by atoms with Crippen molar-refractivity contribution in [2.75, 3.05) is 0 Å². The molecule has 0 saturated carbocycles. The third-order valence-electron chi connectivity index (χ3n) is 2.66. The van der Waals surface area contributed by atoms with E-state index in [1.165, 1.54) is 12.1 Å². The van der Waals surface area contributed by atoms with Crippen molar-refractivity contribution in [2.45, 2.75) is 16.0 Å². The lowest BCUT2D eigenvalue weighted by atomic mass is 10.2. The summed E-state index contributed by atoms with van der Waals surface area (Å²) in [5.41, 5.74) is -1.54. The van der Waals surface area contributed by atoms with Crippen molar-refractivity contribution in [3.05, 3.63) is 58.9 Å². The number of hydrogen-bond donors (Lipinski definition) is 0. The second-order valence-corrected chi connectivity index (χ2v) is 6.45. The van der Waals surface area contributed by atoms with E-state index in [0.29, 0.717) is 12.1 Å². The third-order valence-corrected chi connectivity index (χ3v) is 4.74. The molecule has 112 valence electrons. The van der Waals surface area contributed by atoms with Gasteiger partial charge in [0, 0.05) is 5.02 Å². The predicted octanol–water partition coefficient (Wildman–Crippen LogP) is 4.33. The van der Waals surface area contributed by atoms with Crippen LogP contribution in [0.15, 0.2) is 52.3 Å². The summed E-state index contributed by atoms with van der Waals surface area (Å²) in [4.78, 5) is -1.36. The van der Waals surface area contributed by atoms with Gasteiger partial charge < -0.3 is 0 Å². The lowest BCUT2D eigenvalue weighted by Crippen LogP contribution is -2.14. The topological polar surface area (TPSA) is 34.1 Å². The first-order chi connectivity index (χ1) is 9.62. The summed E-state index contributed by atoms with van der Waals surface area (Å²) in [6.45, 7) is 0. The first-order valence-corrected chi connectivity index (χ1v) is 7.36. The van der Waals surface area contributed by atoms with Gasteiger partial charge in [-0.3, -0.25) is 0 Å². The number of hydrogen-bond acceptors (Lipinski definition) is 2. The molecule has 2 aromatic rings. The minimum absolute atomic E-state index is 0.156. The van der Waals surface area contributed by atoms with Gasteiger partial charge in [0.05, 0.1) is 15.4 Å². The highest BCUT2D eigenvalue weighted by Gasteiger charge is 2.38. The minimum Gasteiger partial charge on any atom is -0.218 e. The molecule has 2 rings (SSSR count). The van der Waals surface area contributed by atoms with E-state index in [1.807, 2.05) is 0 Å². The Balaban J connectivity index is 2.68. The fraction of sp³-hybridized carbons (Fsp3) is 0.0769. The van der Waals surface area contributed by atoms with E-state index >= 15 is 0 Å². The molecule has 2 nitrogen and oxygen atoms in total. The first kappa shape index (κ1) is 15.8. The van der Waals surface area contributed by atoms with Crippen LogP contribution in [0.5, 0.6) is 0 Å². The number of rotatable bonds is 2. The fourth-order valence-electron chi connectivity index (χ4n) is 1.70. The van der Waals surface area contributed by atoms with Crippen LogP contribution in [0, 0.1) is 5.82 Å². The van der Waals surface area contributed by atoms with Crippen molar-refractivity contribution >= 4 is 21.4 Å². The average Bonchev–Trinajstić information content (AvgIpc) is 2.38. The van der Waals surface area contributed by atoms with E-state index in [2.05, 4.69) is 0 Å². The van der Waals surface area contributed by atoms with Gasteiger partial charge in [0.2, 0.25) is 9.84 Å². The monoisotopic (exact) mass is 338 g/mol. The normalized spacial score (nSPS) is 12.4. The molecule has 0 amide bonds. The van der Waals surface area contributed by atoms with E-state index in [-0.39, 0.29) is 16.0 Å². The molecule has 0 bridgehead atoms. The van der Waals surface area contributed by atoms with Gasteiger partial charge >= 0.3 is 6.18 Å². The van der Waals surface area contributed by atoms with Gasteiger partial charge in [-0.2, -0.15) is 13.2 Å². The van der Waals surface area contributed by atoms with Crippen LogP contribution in [0.4, 0.5) is 17.6 Å². The zero-order chi connectivity index (χ0) is 15.8. The summed E-state index contributed by atoms with van der Waals surface area (Å²) >= 11 is 5.61. The Morgan fingerprint density at radius 3 is 2.05 bits per heavy atom. The Hall–Kier alpha value is -1.60. The van der Waals surface area contributed by atoms with Gasteiger partial charge in [-0.1, -0.05) is 11.6 Å². The molecule has 0 atom stereocenters. The van der Waals surface area contributed by atoms with Crippen LogP contribution in [-0.4, -0.2) is 8.42 Å². The number of sulfone groups is 1. The predicted molar refractivity (Wildman–Crippen MR) is 68.3 cm³/mol. The van der Waals surface area contributed by atoms with E-state index in [9.17, 15) is 26.0 Å². The highest BCUT2D eigenvalue weighted by Crippen LogP contribution is 2.36. The van der Waals surface area contributed by atoms with Gasteiger partial charge in [-0.05, 0) is 42.5 Å². The lowest BCUT2D eigenvalue weighted by Gasteiger charge is -2.13. The van der Waals surface area contributed by atoms with Crippen molar-refractivity contribution in [3.8, 4) is 0 Å². The SMILES string of the molecule is O=S(=O)(c1ccc(Cl)cc1)c1ccc(F)cc1C(F)(F)F. The third kappa shape index (κ3) is 3.19. The van der Waals surface area contributed by atoms with Gasteiger partial charge in [0.25, 0.3) is 0 Å². The molecule has 0 radical (unpaired) electrons. The van der Waals surface area contributed by atoms with Crippen LogP contribution >= 0.6 is 11.6 Å². The van der Waals surface area contributed by atoms with Crippen LogP contribution in [0.1, 0.15) is 5.56 Å². The molecule has 0 N–H and O–H groups in total. The van der Waals surface area contributed by atoms with Crippen molar-refractivity contribution in [1.29, 1.82) is 0 Å². The smallest absolute Gasteiger partial charge is 0.218 e. The largest absolute Gasteiger partial charge is 0.417 e. The minimum atomic E-state index is -4.99. The molecule has 21 heavy (non-hydrogen) atoms. The second kappa shape index (κ2) is 5.31. The lowest BCUT2D eigenvalue weighted by molar-refractivity contribution is -0.140. The summed E-state index contributed by atoms with van der Waals surface area (Å²) in [5, 5.41) is 0.240. The van der Waals surface area contributed by atoms with E-state index in [1.54, 1.807) is 0 Å². The molecule has 0 aliphatic carbocycles. The zero-order valence-electron chi connectivity index (χ0n) is 10.2. The molecule has 0 saturated heterocycles. The molecular weight excluding hydrogens is 332 g/mol. The second-order valence-electron chi connectivity index (χ2n) is 4.10. The van der Waals surface area contributed by atoms with Gasteiger partial charge in [-0.25, -0.2) is 12.8 Å². The number of benzene rings is 2. The standard InChI is InChI=1S/C13H7ClF4O2S/c14-8-1-4-10(5-2-8)21(19,20)12-6-3-9(15)7-11(12)13(16,17)18/h1-7H. The molecular formula is C13H7ClF4O2S. The Morgan fingerprint density at radius 2 is 1.52 bits per heavy atom. The van der Waals surface area contributed by atoms with Crippen molar-refractivity contribution in [2.24, 2.45) is 0 Å². The number of halogens is 5. The molecule has 0 heterocycles. The maximum Gasteiger partial charge on any atom is 0.417 e. The Kier molecular flexibility index (Phi) is 3.99. The van der Waals surface area contributed by atoms with Crippen LogP contribution in [0.2, 0.25) is 5.02 Å². The maximum atomic E-state index is 13.0. The zero-order valence-corrected chi connectivity index (χ0v) is 11.7. The Labute approximate surface area is 122 Å². The summed E-state index contributed by atoms with van der Waals surface area (Å²) in [7, 11) is -4.43. The average molecular weight is 339 g/mol. The van der Waals surface area contributed by atoms with E-state index < -0.39 is 32.3 Å². The molecule has 0 aliphatic heterocycles. The first-order valence-electron chi connectivity index (χ1n) is 5.50. The molecule has 0 aromatic heterocycles. The van der Waals surface area contributed by atoms with Crippen molar-refractivity contribution < 1.29 is 26.0 Å². The molecule has 0 unspecified atom stereocenters. The van der Waals surface area contributed by atoms with Crippen LogP contribution in [0.25, 0.3) is 0 Å².